The first-order chi connectivity index (χ1) is 12.0. The van der Waals surface area contributed by atoms with Crippen LogP contribution in [0.2, 0.25) is 0 Å². The molecule has 2 rings (SSSR count). The van der Waals surface area contributed by atoms with Crippen molar-refractivity contribution in [1.82, 2.24) is 0 Å². The first-order valence-electron chi connectivity index (χ1n) is 7.33. The third-order valence-corrected chi connectivity index (χ3v) is 3.51. The van der Waals surface area contributed by atoms with E-state index in [0.29, 0.717) is 28.5 Å². The molecule has 0 aliphatic rings. The molecular formula is C18H19NO6. The van der Waals surface area contributed by atoms with Crippen LogP contribution >= 0.6 is 0 Å². The smallest absolute Gasteiger partial charge is 0.337 e. The normalized spacial score (nSPS) is 9.92. The quantitative estimate of drug-likeness (QED) is 0.811. The van der Waals surface area contributed by atoms with Gasteiger partial charge in [-0.1, -0.05) is 0 Å². The summed E-state index contributed by atoms with van der Waals surface area (Å²) < 4.78 is 20.3. The fourth-order valence-corrected chi connectivity index (χ4v) is 2.23. The van der Waals surface area contributed by atoms with E-state index in [9.17, 15) is 9.59 Å². The molecule has 0 spiro atoms. The van der Waals surface area contributed by atoms with Crippen LogP contribution in [0.3, 0.4) is 0 Å². The summed E-state index contributed by atoms with van der Waals surface area (Å²) in [5, 5.41) is 2.74. The molecule has 0 saturated carbocycles. The summed E-state index contributed by atoms with van der Waals surface area (Å²) in [7, 11) is 5.73. The highest BCUT2D eigenvalue weighted by Gasteiger charge is 2.20. The second kappa shape index (κ2) is 8.05. The highest BCUT2D eigenvalue weighted by Crippen LogP contribution is 2.34. The van der Waals surface area contributed by atoms with Crippen LogP contribution in [0.1, 0.15) is 20.7 Å². The van der Waals surface area contributed by atoms with Gasteiger partial charge in [-0.05, 0) is 24.3 Å². The molecule has 7 nitrogen and oxygen atoms in total. The van der Waals surface area contributed by atoms with E-state index in [2.05, 4.69) is 10.1 Å². The number of carbonyl (C=O) groups excluding carboxylic acids is 2. The zero-order valence-electron chi connectivity index (χ0n) is 14.4. The Labute approximate surface area is 145 Å². The molecule has 0 fully saturated rings. The van der Waals surface area contributed by atoms with Crippen LogP contribution in [0.15, 0.2) is 36.4 Å². The predicted molar refractivity (Wildman–Crippen MR) is 91.8 cm³/mol. The van der Waals surface area contributed by atoms with Gasteiger partial charge in [0.1, 0.15) is 22.8 Å². The van der Waals surface area contributed by atoms with Crippen LogP contribution in [-0.4, -0.2) is 40.3 Å². The van der Waals surface area contributed by atoms with Crippen molar-refractivity contribution in [3.05, 3.63) is 47.5 Å². The Hall–Kier alpha value is -3.22. The molecule has 132 valence electrons. The summed E-state index contributed by atoms with van der Waals surface area (Å²) >= 11 is 0. The summed E-state index contributed by atoms with van der Waals surface area (Å²) in [5.74, 6) is 0.283. The van der Waals surface area contributed by atoms with Gasteiger partial charge in [-0.15, -0.1) is 0 Å². The number of methoxy groups -OCH3 is 4. The summed E-state index contributed by atoms with van der Waals surface area (Å²) in [5.41, 5.74) is 1.14. The maximum absolute atomic E-state index is 12.6. The third-order valence-electron chi connectivity index (χ3n) is 3.51. The lowest BCUT2D eigenvalue weighted by Crippen LogP contribution is -2.15. The molecule has 0 atom stereocenters. The van der Waals surface area contributed by atoms with Crippen LogP contribution in [-0.2, 0) is 4.74 Å². The minimum atomic E-state index is -0.448. The Kier molecular flexibility index (Phi) is 5.84. The molecule has 0 saturated heterocycles. The average molecular weight is 345 g/mol. The van der Waals surface area contributed by atoms with Gasteiger partial charge in [-0.2, -0.15) is 0 Å². The zero-order chi connectivity index (χ0) is 18.4. The first kappa shape index (κ1) is 18.1. The topological polar surface area (TPSA) is 83.1 Å². The number of hydrogen-bond donors (Lipinski definition) is 1. The Bertz CT molecular complexity index is 745. The second-order valence-electron chi connectivity index (χ2n) is 4.93. The zero-order valence-corrected chi connectivity index (χ0v) is 14.4. The summed E-state index contributed by atoms with van der Waals surface area (Å²) in [6.45, 7) is 0. The minimum Gasteiger partial charge on any atom is -0.496 e. The van der Waals surface area contributed by atoms with E-state index in [0.717, 1.165) is 0 Å². The standard InChI is InChI=1S/C18H19NO6/c1-22-13-9-14(23-2)16(15(10-13)24-3)17(20)19-12-7-5-11(6-8-12)18(21)25-4/h5-10H,1-4H3,(H,19,20). The lowest BCUT2D eigenvalue weighted by Gasteiger charge is -2.15. The molecule has 2 aromatic carbocycles. The van der Waals surface area contributed by atoms with E-state index in [1.807, 2.05) is 0 Å². The Balaban J connectivity index is 2.30. The summed E-state index contributed by atoms with van der Waals surface area (Å²) in [6, 6.07) is 9.52. The monoisotopic (exact) mass is 345 g/mol. The average Bonchev–Trinajstić information content (AvgIpc) is 2.66. The summed E-state index contributed by atoms with van der Waals surface area (Å²) in [4.78, 5) is 24.1. The molecule has 0 aromatic heterocycles. The van der Waals surface area contributed by atoms with Gasteiger partial charge in [0.15, 0.2) is 0 Å². The van der Waals surface area contributed by atoms with Crippen LogP contribution in [0.4, 0.5) is 5.69 Å². The lowest BCUT2D eigenvalue weighted by atomic mass is 10.1. The van der Waals surface area contributed by atoms with Crippen molar-refractivity contribution in [3.8, 4) is 17.2 Å². The van der Waals surface area contributed by atoms with Gasteiger partial charge in [-0.25, -0.2) is 4.79 Å². The molecule has 1 N–H and O–H groups in total. The van der Waals surface area contributed by atoms with Crippen molar-refractivity contribution in [2.24, 2.45) is 0 Å². The molecule has 0 radical (unpaired) electrons. The van der Waals surface area contributed by atoms with Crippen LogP contribution in [0.25, 0.3) is 0 Å². The molecule has 0 aliphatic heterocycles. The van der Waals surface area contributed by atoms with Crippen LogP contribution in [0, 0.1) is 0 Å². The molecule has 1 amide bonds. The maximum Gasteiger partial charge on any atom is 0.337 e. The van der Waals surface area contributed by atoms with Crippen LogP contribution < -0.4 is 19.5 Å². The van der Waals surface area contributed by atoms with Crippen LogP contribution in [0.5, 0.6) is 17.2 Å². The molecule has 25 heavy (non-hydrogen) atoms. The SMILES string of the molecule is COC(=O)c1ccc(NC(=O)c2c(OC)cc(OC)cc2OC)cc1. The predicted octanol–water partition coefficient (Wildman–Crippen LogP) is 2.75. The number of rotatable bonds is 6. The van der Waals surface area contributed by atoms with Gasteiger partial charge in [0.25, 0.3) is 5.91 Å². The van der Waals surface area contributed by atoms with Gasteiger partial charge >= 0.3 is 5.97 Å². The fraction of sp³-hybridized carbons (Fsp3) is 0.222. The van der Waals surface area contributed by atoms with Gasteiger partial charge in [0.2, 0.25) is 0 Å². The van der Waals surface area contributed by atoms with Crippen molar-refractivity contribution < 1.29 is 28.5 Å². The highest BCUT2D eigenvalue weighted by molar-refractivity contribution is 6.08. The molecule has 0 unspecified atom stereocenters. The second-order valence-corrected chi connectivity index (χ2v) is 4.93. The van der Waals surface area contributed by atoms with Crippen molar-refractivity contribution in [2.75, 3.05) is 33.8 Å². The third kappa shape index (κ3) is 4.00. The largest absolute Gasteiger partial charge is 0.496 e. The minimum absolute atomic E-state index is 0.239. The lowest BCUT2D eigenvalue weighted by molar-refractivity contribution is 0.0600. The number of amides is 1. The maximum atomic E-state index is 12.6. The Morgan fingerprint density at radius 2 is 1.40 bits per heavy atom. The van der Waals surface area contributed by atoms with Crippen molar-refractivity contribution in [1.29, 1.82) is 0 Å². The van der Waals surface area contributed by atoms with E-state index < -0.39 is 11.9 Å². The Morgan fingerprint density at radius 3 is 1.84 bits per heavy atom. The van der Waals surface area contributed by atoms with E-state index in [1.54, 1.807) is 36.4 Å². The van der Waals surface area contributed by atoms with Gasteiger partial charge < -0.3 is 24.3 Å². The highest BCUT2D eigenvalue weighted by atomic mass is 16.5. The van der Waals surface area contributed by atoms with E-state index in [-0.39, 0.29) is 5.56 Å². The number of esters is 1. The molecule has 0 aliphatic carbocycles. The number of benzene rings is 2. The fourth-order valence-electron chi connectivity index (χ4n) is 2.23. The molecular weight excluding hydrogens is 326 g/mol. The van der Waals surface area contributed by atoms with Gasteiger partial charge in [-0.3, -0.25) is 4.79 Å². The molecule has 2 aromatic rings. The first-order valence-corrected chi connectivity index (χ1v) is 7.33. The number of ether oxygens (including phenoxy) is 4. The van der Waals surface area contributed by atoms with Gasteiger partial charge in [0, 0.05) is 17.8 Å². The Morgan fingerprint density at radius 1 is 0.840 bits per heavy atom. The number of hydrogen-bond acceptors (Lipinski definition) is 6. The van der Waals surface area contributed by atoms with Gasteiger partial charge in [0.05, 0.1) is 34.0 Å². The van der Waals surface area contributed by atoms with E-state index in [4.69, 9.17) is 14.2 Å². The molecule has 0 bridgehead atoms. The van der Waals surface area contributed by atoms with Crippen molar-refractivity contribution in [3.63, 3.8) is 0 Å². The van der Waals surface area contributed by atoms with Crippen molar-refractivity contribution >= 4 is 17.6 Å². The number of anilines is 1. The summed E-state index contributed by atoms with van der Waals surface area (Å²) in [6.07, 6.45) is 0. The van der Waals surface area contributed by atoms with Crippen molar-refractivity contribution in [2.45, 2.75) is 0 Å². The van der Waals surface area contributed by atoms with E-state index >= 15 is 0 Å². The number of carbonyl (C=O) groups is 2. The molecule has 7 heteroatoms. The number of nitrogens with one attached hydrogen (secondary N) is 1. The molecule has 0 heterocycles. The van der Waals surface area contributed by atoms with E-state index in [1.165, 1.54) is 28.4 Å².